The zero-order valence-electron chi connectivity index (χ0n) is 8.05. The first-order valence-electron chi connectivity index (χ1n) is 3.98. The van der Waals surface area contributed by atoms with Crippen molar-refractivity contribution in [3.63, 3.8) is 0 Å². The number of rotatable bonds is 2. The minimum absolute atomic E-state index is 0.271. The average Bonchev–Trinajstić information content (AvgIpc) is 2.12. The molecule has 0 saturated heterocycles. The van der Waals surface area contributed by atoms with E-state index in [0.29, 0.717) is 5.56 Å². The Morgan fingerprint density at radius 3 is 2.13 bits per heavy atom. The van der Waals surface area contributed by atoms with Gasteiger partial charge in [0.05, 0.1) is 9.85 Å². The van der Waals surface area contributed by atoms with Gasteiger partial charge >= 0.3 is 11.4 Å². The first-order valence-corrected chi connectivity index (χ1v) is 3.98. The van der Waals surface area contributed by atoms with Crippen LogP contribution < -0.4 is 0 Å². The smallest absolute Gasteiger partial charge is 0.387 e. The van der Waals surface area contributed by atoms with Gasteiger partial charge in [-0.05, 0) is 19.4 Å². The molecule has 0 spiro atoms. The van der Waals surface area contributed by atoms with Crippen molar-refractivity contribution >= 4 is 11.4 Å². The van der Waals surface area contributed by atoms with Crippen molar-refractivity contribution in [2.75, 3.05) is 0 Å². The summed E-state index contributed by atoms with van der Waals surface area (Å²) in [5, 5.41) is 30.5. The summed E-state index contributed by atoms with van der Waals surface area (Å²) in [6.07, 6.45) is 0. The van der Waals surface area contributed by atoms with E-state index in [1.165, 1.54) is 13.8 Å². The van der Waals surface area contributed by atoms with Gasteiger partial charge in [-0.25, -0.2) is 0 Å². The molecule has 0 heterocycles. The number of hydrogen-bond donors (Lipinski definition) is 1. The van der Waals surface area contributed by atoms with Crippen LogP contribution in [0.15, 0.2) is 6.07 Å². The second kappa shape index (κ2) is 3.52. The number of phenolic OH excluding ortho intramolecular Hbond substituents is 1. The van der Waals surface area contributed by atoms with Gasteiger partial charge in [-0.1, -0.05) is 0 Å². The van der Waals surface area contributed by atoms with E-state index in [2.05, 4.69) is 0 Å². The highest BCUT2D eigenvalue weighted by Gasteiger charge is 2.31. The number of nitro groups is 2. The minimum Gasteiger partial charge on any atom is -0.502 e. The van der Waals surface area contributed by atoms with Crippen molar-refractivity contribution < 1.29 is 15.0 Å². The molecule has 15 heavy (non-hydrogen) atoms. The number of nitrogens with zero attached hydrogens (tertiary/aromatic N) is 2. The van der Waals surface area contributed by atoms with Gasteiger partial charge in [-0.3, -0.25) is 20.2 Å². The lowest BCUT2D eigenvalue weighted by molar-refractivity contribution is -0.423. The summed E-state index contributed by atoms with van der Waals surface area (Å²) in [7, 11) is 0. The normalized spacial score (nSPS) is 10.0. The molecule has 0 radical (unpaired) electrons. The summed E-state index contributed by atoms with van der Waals surface area (Å²) >= 11 is 0. The van der Waals surface area contributed by atoms with Crippen LogP contribution in [0.4, 0.5) is 11.4 Å². The van der Waals surface area contributed by atoms with E-state index >= 15 is 0 Å². The Balaban J connectivity index is 3.65. The molecule has 0 fully saturated rings. The van der Waals surface area contributed by atoms with Gasteiger partial charge in [0.25, 0.3) is 0 Å². The van der Waals surface area contributed by atoms with Crippen LogP contribution in [0.2, 0.25) is 0 Å². The van der Waals surface area contributed by atoms with Gasteiger partial charge in [-0.15, -0.1) is 0 Å². The molecule has 0 aliphatic rings. The second-order valence-electron chi connectivity index (χ2n) is 3.05. The molecule has 1 aromatic carbocycles. The van der Waals surface area contributed by atoms with Crippen LogP contribution in [-0.4, -0.2) is 15.0 Å². The molecule has 0 aliphatic carbocycles. The molecular weight excluding hydrogens is 204 g/mol. The van der Waals surface area contributed by atoms with Crippen molar-refractivity contribution in [3.05, 3.63) is 37.4 Å². The molecule has 80 valence electrons. The summed E-state index contributed by atoms with van der Waals surface area (Å²) in [6.45, 7) is 2.99. The van der Waals surface area contributed by atoms with Gasteiger partial charge in [0.2, 0.25) is 5.75 Å². The minimum atomic E-state index is -0.958. The first-order chi connectivity index (χ1) is 6.86. The summed E-state index contributed by atoms with van der Waals surface area (Å²) in [6, 6.07) is 1.08. The molecule has 7 nitrogen and oxygen atoms in total. The SMILES string of the molecule is Cc1cc([N+](=O)[O-])c([N+](=O)[O-])c(O)c1C. The Hall–Kier alpha value is -2.18. The summed E-state index contributed by atoms with van der Waals surface area (Å²) in [5.41, 5.74) is -0.846. The largest absolute Gasteiger partial charge is 0.502 e. The fourth-order valence-electron chi connectivity index (χ4n) is 1.19. The lowest BCUT2D eigenvalue weighted by atomic mass is 10.1. The maximum absolute atomic E-state index is 10.6. The van der Waals surface area contributed by atoms with E-state index in [9.17, 15) is 25.3 Å². The van der Waals surface area contributed by atoms with Crippen molar-refractivity contribution in [3.8, 4) is 5.75 Å². The summed E-state index contributed by atoms with van der Waals surface area (Å²) in [4.78, 5) is 19.2. The molecule has 0 bridgehead atoms. The molecule has 7 heteroatoms. The van der Waals surface area contributed by atoms with Crippen molar-refractivity contribution in [1.29, 1.82) is 0 Å². The summed E-state index contributed by atoms with van der Waals surface area (Å²) < 4.78 is 0. The molecular formula is C8H8N2O5. The highest BCUT2D eigenvalue weighted by molar-refractivity contribution is 5.66. The van der Waals surface area contributed by atoms with Crippen molar-refractivity contribution in [2.45, 2.75) is 13.8 Å². The van der Waals surface area contributed by atoms with Crippen LogP contribution in [0.1, 0.15) is 11.1 Å². The van der Waals surface area contributed by atoms with Crippen molar-refractivity contribution in [1.82, 2.24) is 0 Å². The van der Waals surface area contributed by atoms with E-state index in [0.717, 1.165) is 6.07 Å². The monoisotopic (exact) mass is 212 g/mol. The van der Waals surface area contributed by atoms with Crippen LogP contribution in [0, 0.1) is 34.1 Å². The Kier molecular flexibility index (Phi) is 2.56. The van der Waals surface area contributed by atoms with Crippen LogP contribution in [0.5, 0.6) is 5.75 Å². The van der Waals surface area contributed by atoms with E-state index < -0.39 is 27.0 Å². The second-order valence-corrected chi connectivity index (χ2v) is 3.05. The van der Waals surface area contributed by atoms with E-state index in [1.54, 1.807) is 0 Å². The van der Waals surface area contributed by atoms with Gasteiger partial charge in [0.15, 0.2) is 0 Å². The standard InChI is InChI=1S/C8H8N2O5/c1-4-3-6(9(12)13)7(10(14)15)8(11)5(4)2/h3,11H,1-2H3. The third-order valence-electron chi connectivity index (χ3n) is 2.15. The quantitative estimate of drug-likeness (QED) is 0.594. The highest BCUT2D eigenvalue weighted by Crippen LogP contribution is 2.39. The van der Waals surface area contributed by atoms with Crippen LogP contribution >= 0.6 is 0 Å². The molecule has 0 saturated carbocycles. The zero-order chi connectivity index (χ0) is 11.7. The Bertz CT molecular complexity index is 455. The number of aromatic hydroxyl groups is 1. The number of nitro benzene ring substituents is 2. The molecule has 0 aliphatic heterocycles. The Labute approximate surface area is 84.3 Å². The topological polar surface area (TPSA) is 107 Å². The number of aryl methyl sites for hydroxylation is 1. The predicted octanol–water partition coefficient (Wildman–Crippen LogP) is 1.83. The van der Waals surface area contributed by atoms with E-state index in [4.69, 9.17) is 0 Å². The fraction of sp³-hybridized carbons (Fsp3) is 0.250. The molecule has 0 unspecified atom stereocenters. The molecule has 0 aromatic heterocycles. The summed E-state index contributed by atoms with van der Waals surface area (Å²) in [5.74, 6) is -0.647. The lowest BCUT2D eigenvalue weighted by Gasteiger charge is -2.03. The highest BCUT2D eigenvalue weighted by atomic mass is 16.6. The third-order valence-corrected chi connectivity index (χ3v) is 2.15. The third kappa shape index (κ3) is 1.71. The lowest BCUT2D eigenvalue weighted by Crippen LogP contribution is -1.99. The van der Waals surface area contributed by atoms with Crippen molar-refractivity contribution in [2.24, 2.45) is 0 Å². The van der Waals surface area contributed by atoms with Crippen LogP contribution in [0.3, 0.4) is 0 Å². The Morgan fingerprint density at radius 1 is 1.20 bits per heavy atom. The van der Waals surface area contributed by atoms with Gasteiger partial charge in [-0.2, -0.15) is 0 Å². The fourth-order valence-corrected chi connectivity index (χ4v) is 1.19. The maximum Gasteiger partial charge on any atom is 0.387 e. The average molecular weight is 212 g/mol. The number of benzene rings is 1. The van der Waals surface area contributed by atoms with Gasteiger partial charge < -0.3 is 5.11 Å². The van der Waals surface area contributed by atoms with Crippen LogP contribution in [-0.2, 0) is 0 Å². The van der Waals surface area contributed by atoms with E-state index in [-0.39, 0.29) is 5.56 Å². The maximum atomic E-state index is 10.6. The molecule has 1 aromatic rings. The molecule has 1 N–H and O–H groups in total. The molecule has 1 rings (SSSR count). The molecule has 0 atom stereocenters. The van der Waals surface area contributed by atoms with Gasteiger partial charge in [0, 0.05) is 11.6 Å². The van der Waals surface area contributed by atoms with E-state index in [1.807, 2.05) is 0 Å². The van der Waals surface area contributed by atoms with Gasteiger partial charge in [0.1, 0.15) is 0 Å². The predicted molar refractivity (Wildman–Crippen MR) is 50.9 cm³/mol. The molecule has 0 amide bonds. The number of phenols is 1. The van der Waals surface area contributed by atoms with Crippen LogP contribution in [0.25, 0.3) is 0 Å². The zero-order valence-corrected chi connectivity index (χ0v) is 8.05. The Morgan fingerprint density at radius 2 is 1.73 bits per heavy atom. The first kappa shape index (κ1) is 10.9. The number of hydrogen-bond acceptors (Lipinski definition) is 5.